The summed E-state index contributed by atoms with van der Waals surface area (Å²) in [5.41, 5.74) is 2.97. The first-order valence-corrected chi connectivity index (χ1v) is 8.67. The van der Waals surface area contributed by atoms with Gasteiger partial charge in [0.25, 0.3) is 0 Å². The van der Waals surface area contributed by atoms with E-state index in [9.17, 15) is 4.79 Å². The van der Waals surface area contributed by atoms with Crippen LogP contribution in [0.1, 0.15) is 40.2 Å². The van der Waals surface area contributed by atoms with Crippen LogP contribution in [0, 0.1) is 0 Å². The average Bonchev–Trinajstić information content (AvgIpc) is 2.59. The maximum atomic E-state index is 12.4. The molecule has 2 aromatic carbocycles. The highest BCUT2D eigenvalue weighted by Gasteiger charge is 2.15. The number of nitrogens with one attached hydrogen (secondary N) is 1. The summed E-state index contributed by atoms with van der Waals surface area (Å²) in [7, 11) is 0. The van der Waals surface area contributed by atoms with Crippen LogP contribution in [0.3, 0.4) is 0 Å². The molecular weight excluding hydrogens is 329 g/mol. The number of hydrogen-bond acceptors (Lipinski definition) is 2. The quantitative estimate of drug-likeness (QED) is 0.798. The lowest BCUT2D eigenvalue weighted by atomic mass is 9.90. The molecule has 0 amide bonds. The monoisotopic (exact) mass is 347 g/mol. The highest BCUT2D eigenvalue weighted by atomic mass is 35.5. The Labute approximate surface area is 146 Å². The van der Waals surface area contributed by atoms with E-state index >= 15 is 0 Å². The van der Waals surface area contributed by atoms with Crippen LogP contribution in [0.5, 0.6) is 0 Å². The van der Waals surface area contributed by atoms with E-state index in [0.717, 1.165) is 18.7 Å². The Morgan fingerprint density at radius 3 is 2.52 bits per heavy atom. The van der Waals surface area contributed by atoms with E-state index in [1.165, 1.54) is 18.4 Å². The standard InChI is InChI=1S/C19H19Cl2NO/c20-17-8-7-15(11-18(17)21)19(23)10-13-3-5-14(6-4-13)16-2-1-9-22-12-16/h3-8,11,16,22H,1-2,9-10,12H2/t16-/m1/s1. The largest absolute Gasteiger partial charge is 0.316 e. The second-order valence-corrected chi connectivity index (χ2v) is 6.83. The van der Waals surface area contributed by atoms with Gasteiger partial charge >= 0.3 is 0 Å². The third-order valence-electron chi connectivity index (χ3n) is 4.35. The molecule has 0 saturated carbocycles. The number of benzene rings is 2. The van der Waals surface area contributed by atoms with Crippen molar-refractivity contribution in [3.05, 3.63) is 69.2 Å². The molecule has 1 aliphatic rings. The molecule has 1 aliphatic heterocycles. The molecule has 0 unspecified atom stereocenters. The van der Waals surface area contributed by atoms with Gasteiger partial charge in [-0.1, -0.05) is 47.5 Å². The summed E-state index contributed by atoms with van der Waals surface area (Å²) in [6.07, 6.45) is 2.83. The highest BCUT2D eigenvalue weighted by Crippen LogP contribution is 2.25. The number of Topliss-reactive ketones (excluding diaryl/α,β-unsaturated/α-hetero) is 1. The van der Waals surface area contributed by atoms with Crippen LogP contribution in [0.4, 0.5) is 0 Å². The lowest BCUT2D eigenvalue weighted by molar-refractivity contribution is 0.0993. The summed E-state index contributed by atoms with van der Waals surface area (Å²) in [6, 6.07) is 13.4. The molecule has 1 heterocycles. The normalized spacial score (nSPS) is 17.9. The predicted molar refractivity (Wildman–Crippen MR) is 95.8 cm³/mol. The Balaban J connectivity index is 1.67. The van der Waals surface area contributed by atoms with Gasteiger partial charge in [-0.05, 0) is 54.6 Å². The first kappa shape index (κ1) is 16.5. The van der Waals surface area contributed by atoms with Gasteiger partial charge in [-0.2, -0.15) is 0 Å². The third-order valence-corrected chi connectivity index (χ3v) is 5.09. The van der Waals surface area contributed by atoms with Crippen LogP contribution in [-0.4, -0.2) is 18.9 Å². The molecule has 0 aromatic heterocycles. The van der Waals surface area contributed by atoms with Gasteiger partial charge in [0, 0.05) is 18.5 Å². The molecule has 2 aromatic rings. The fourth-order valence-corrected chi connectivity index (χ4v) is 3.30. The molecule has 0 radical (unpaired) electrons. The van der Waals surface area contributed by atoms with E-state index in [1.807, 2.05) is 0 Å². The fourth-order valence-electron chi connectivity index (χ4n) is 3.00. The van der Waals surface area contributed by atoms with E-state index < -0.39 is 0 Å². The molecule has 1 saturated heterocycles. The number of piperidine rings is 1. The first-order valence-electron chi connectivity index (χ1n) is 7.91. The van der Waals surface area contributed by atoms with Crippen molar-refractivity contribution in [1.29, 1.82) is 0 Å². The first-order chi connectivity index (χ1) is 11.1. The number of ketones is 1. The molecule has 4 heteroatoms. The van der Waals surface area contributed by atoms with Crippen LogP contribution < -0.4 is 5.32 Å². The molecule has 120 valence electrons. The molecule has 1 N–H and O–H groups in total. The molecule has 3 rings (SSSR count). The van der Waals surface area contributed by atoms with E-state index in [4.69, 9.17) is 23.2 Å². The van der Waals surface area contributed by atoms with Crippen molar-refractivity contribution in [3.63, 3.8) is 0 Å². The lowest BCUT2D eigenvalue weighted by Crippen LogP contribution is -2.28. The minimum atomic E-state index is 0.0515. The number of carbonyl (C=O) groups is 1. The van der Waals surface area contributed by atoms with Crippen LogP contribution >= 0.6 is 23.2 Å². The van der Waals surface area contributed by atoms with Gasteiger partial charge in [0.05, 0.1) is 10.0 Å². The number of carbonyl (C=O) groups excluding carboxylic acids is 1. The van der Waals surface area contributed by atoms with Gasteiger partial charge in [-0.3, -0.25) is 4.79 Å². The van der Waals surface area contributed by atoms with Crippen molar-refractivity contribution < 1.29 is 4.79 Å². The summed E-state index contributed by atoms with van der Waals surface area (Å²) in [6.45, 7) is 2.16. The molecule has 0 aliphatic carbocycles. The van der Waals surface area contributed by atoms with E-state index in [-0.39, 0.29) is 5.78 Å². The van der Waals surface area contributed by atoms with Crippen LogP contribution in [0.2, 0.25) is 10.0 Å². The van der Waals surface area contributed by atoms with Crippen LogP contribution in [0.25, 0.3) is 0 Å². The van der Waals surface area contributed by atoms with Gasteiger partial charge in [0.15, 0.2) is 5.78 Å². The van der Waals surface area contributed by atoms with Crippen molar-refractivity contribution in [1.82, 2.24) is 5.32 Å². The fraction of sp³-hybridized carbons (Fsp3) is 0.316. The molecule has 1 fully saturated rings. The Morgan fingerprint density at radius 1 is 1.09 bits per heavy atom. The molecule has 1 atom stereocenters. The van der Waals surface area contributed by atoms with E-state index in [1.54, 1.807) is 18.2 Å². The zero-order chi connectivity index (χ0) is 16.2. The third kappa shape index (κ3) is 4.14. The number of rotatable bonds is 4. The van der Waals surface area contributed by atoms with Gasteiger partial charge in [-0.15, -0.1) is 0 Å². The second kappa shape index (κ2) is 7.48. The summed E-state index contributed by atoms with van der Waals surface area (Å²) >= 11 is 11.9. The van der Waals surface area contributed by atoms with Gasteiger partial charge < -0.3 is 5.32 Å². The van der Waals surface area contributed by atoms with Crippen molar-refractivity contribution in [2.45, 2.75) is 25.2 Å². The molecule has 0 bridgehead atoms. The van der Waals surface area contributed by atoms with Gasteiger partial charge in [-0.25, -0.2) is 0 Å². The molecular formula is C19H19Cl2NO. The van der Waals surface area contributed by atoms with Crippen molar-refractivity contribution >= 4 is 29.0 Å². The molecule has 0 spiro atoms. The van der Waals surface area contributed by atoms with Gasteiger partial charge in [0.1, 0.15) is 0 Å². The van der Waals surface area contributed by atoms with Crippen molar-refractivity contribution in [2.75, 3.05) is 13.1 Å². The Kier molecular flexibility index (Phi) is 5.37. The summed E-state index contributed by atoms with van der Waals surface area (Å²) in [5, 5.41) is 4.31. The summed E-state index contributed by atoms with van der Waals surface area (Å²) < 4.78 is 0. The summed E-state index contributed by atoms with van der Waals surface area (Å²) in [4.78, 5) is 12.4. The average molecular weight is 348 g/mol. The zero-order valence-corrected chi connectivity index (χ0v) is 14.3. The minimum absolute atomic E-state index is 0.0515. The maximum Gasteiger partial charge on any atom is 0.167 e. The zero-order valence-electron chi connectivity index (χ0n) is 12.8. The topological polar surface area (TPSA) is 29.1 Å². The Morgan fingerprint density at radius 2 is 1.87 bits per heavy atom. The van der Waals surface area contributed by atoms with Crippen molar-refractivity contribution in [2.24, 2.45) is 0 Å². The molecule has 23 heavy (non-hydrogen) atoms. The van der Waals surface area contributed by atoms with Crippen molar-refractivity contribution in [3.8, 4) is 0 Å². The van der Waals surface area contributed by atoms with Crippen LogP contribution in [0.15, 0.2) is 42.5 Å². The highest BCUT2D eigenvalue weighted by molar-refractivity contribution is 6.42. The minimum Gasteiger partial charge on any atom is -0.316 e. The molecule has 2 nitrogen and oxygen atoms in total. The van der Waals surface area contributed by atoms with E-state index in [0.29, 0.717) is 27.9 Å². The predicted octanol–water partition coefficient (Wildman–Crippen LogP) is 4.89. The maximum absolute atomic E-state index is 12.4. The summed E-state index contributed by atoms with van der Waals surface area (Å²) in [5.74, 6) is 0.638. The SMILES string of the molecule is O=C(Cc1ccc([C@@H]2CCCNC2)cc1)c1ccc(Cl)c(Cl)c1. The second-order valence-electron chi connectivity index (χ2n) is 6.01. The van der Waals surface area contributed by atoms with E-state index in [2.05, 4.69) is 29.6 Å². The number of hydrogen-bond donors (Lipinski definition) is 1. The van der Waals surface area contributed by atoms with Crippen LogP contribution in [-0.2, 0) is 6.42 Å². The van der Waals surface area contributed by atoms with Gasteiger partial charge in [0.2, 0.25) is 0 Å². The lowest BCUT2D eigenvalue weighted by Gasteiger charge is -2.23. The Hall–Kier alpha value is -1.35. The number of halogens is 2. The Bertz CT molecular complexity index is 691. The smallest absolute Gasteiger partial charge is 0.167 e.